The first-order chi connectivity index (χ1) is 10.1. The van der Waals surface area contributed by atoms with Crippen LogP contribution in [0.3, 0.4) is 0 Å². The van der Waals surface area contributed by atoms with Crippen LogP contribution in [0.15, 0.2) is 22.7 Å². The summed E-state index contributed by atoms with van der Waals surface area (Å²) in [7, 11) is 1.76. The lowest BCUT2D eigenvalue weighted by Gasteiger charge is -2.35. The standard InChI is InChI=1S/C16H21N3O2/c1-9-16(10(2)21-19-9)11-4-5-15(14(17)6-11)18-12-7-13(8-12)20-3/h4-6,12-13,18H,7-8,17H2,1-3H3/t12-,13+. The molecular weight excluding hydrogens is 266 g/mol. The van der Waals surface area contributed by atoms with E-state index >= 15 is 0 Å². The Balaban J connectivity index is 1.77. The van der Waals surface area contributed by atoms with Gasteiger partial charge in [-0.05, 0) is 44.4 Å². The summed E-state index contributed by atoms with van der Waals surface area (Å²) in [5.41, 5.74) is 10.8. The van der Waals surface area contributed by atoms with E-state index in [1.807, 2.05) is 26.0 Å². The first-order valence-electron chi connectivity index (χ1n) is 7.20. The number of nitrogens with zero attached hydrogens (tertiary/aromatic N) is 1. The number of hydrogen-bond donors (Lipinski definition) is 2. The van der Waals surface area contributed by atoms with Gasteiger partial charge in [0.2, 0.25) is 0 Å². The summed E-state index contributed by atoms with van der Waals surface area (Å²) >= 11 is 0. The number of nitrogens with one attached hydrogen (secondary N) is 1. The largest absolute Gasteiger partial charge is 0.397 e. The van der Waals surface area contributed by atoms with Gasteiger partial charge < -0.3 is 20.3 Å². The Kier molecular flexibility index (Phi) is 3.59. The monoisotopic (exact) mass is 287 g/mol. The predicted octanol–water partition coefficient (Wildman–Crippen LogP) is 3.13. The lowest BCUT2D eigenvalue weighted by atomic mass is 9.89. The number of rotatable bonds is 4. The van der Waals surface area contributed by atoms with Gasteiger partial charge in [-0.1, -0.05) is 11.2 Å². The number of benzene rings is 1. The van der Waals surface area contributed by atoms with E-state index in [2.05, 4.69) is 16.5 Å². The van der Waals surface area contributed by atoms with Crippen LogP contribution in [0.25, 0.3) is 11.1 Å². The fourth-order valence-electron chi connectivity index (χ4n) is 2.84. The fraction of sp³-hybridized carbons (Fsp3) is 0.438. The molecule has 1 fully saturated rings. The summed E-state index contributed by atoms with van der Waals surface area (Å²) in [6.45, 7) is 3.85. The van der Waals surface area contributed by atoms with E-state index in [0.29, 0.717) is 12.1 Å². The maximum absolute atomic E-state index is 6.18. The van der Waals surface area contributed by atoms with Gasteiger partial charge in [-0.3, -0.25) is 0 Å². The fourth-order valence-corrected chi connectivity index (χ4v) is 2.84. The zero-order valence-corrected chi connectivity index (χ0v) is 12.6. The van der Waals surface area contributed by atoms with Crippen LogP contribution in [-0.4, -0.2) is 24.4 Å². The zero-order valence-electron chi connectivity index (χ0n) is 12.6. The minimum atomic E-state index is 0.380. The molecular formula is C16H21N3O2. The minimum Gasteiger partial charge on any atom is -0.397 e. The Morgan fingerprint density at radius 1 is 1.33 bits per heavy atom. The summed E-state index contributed by atoms with van der Waals surface area (Å²) in [6, 6.07) is 6.50. The molecule has 0 spiro atoms. The predicted molar refractivity (Wildman–Crippen MR) is 83.3 cm³/mol. The third-order valence-corrected chi connectivity index (χ3v) is 4.16. The lowest BCUT2D eigenvalue weighted by molar-refractivity contribution is 0.0329. The first-order valence-corrected chi connectivity index (χ1v) is 7.20. The minimum absolute atomic E-state index is 0.380. The number of ether oxygens (including phenoxy) is 1. The molecule has 1 heterocycles. The van der Waals surface area contributed by atoms with Crippen LogP contribution in [-0.2, 0) is 4.74 Å². The van der Waals surface area contributed by atoms with E-state index in [-0.39, 0.29) is 0 Å². The Morgan fingerprint density at radius 3 is 2.67 bits per heavy atom. The molecule has 0 bridgehead atoms. The third-order valence-electron chi connectivity index (χ3n) is 4.16. The molecule has 1 aromatic heterocycles. The second-order valence-corrected chi connectivity index (χ2v) is 5.67. The van der Waals surface area contributed by atoms with Crippen molar-refractivity contribution in [2.75, 3.05) is 18.2 Å². The molecule has 5 heteroatoms. The molecule has 0 atom stereocenters. The van der Waals surface area contributed by atoms with Gasteiger partial charge in [-0.15, -0.1) is 0 Å². The highest BCUT2D eigenvalue weighted by Crippen LogP contribution is 2.33. The maximum Gasteiger partial charge on any atom is 0.141 e. The van der Waals surface area contributed by atoms with Gasteiger partial charge in [0, 0.05) is 18.7 Å². The number of hydrogen-bond acceptors (Lipinski definition) is 5. The Hall–Kier alpha value is -2.01. The summed E-state index contributed by atoms with van der Waals surface area (Å²) in [5.74, 6) is 0.814. The van der Waals surface area contributed by atoms with Crippen molar-refractivity contribution in [2.24, 2.45) is 0 Å². The van der Waals surface area contributed by atoms with E-state index in [4.69, 9.17) is 15.0 Å². The molecule has 21 heavy (non-hydrogen) atoms. The van der Waals surface area contributed by atoms with Crippen LogP contribution in [0.4, 0.5) is 11.4 Å². The first kappa shape index (κ1) is 13.9. The van der Waals surface area contributed by atoms with Gasteiger partial charge in [0.05, 0.1) is 23.2 Å². The number of nitrogens with two attached hydrogens (primary N) is 1. The van der Waals surface area contributed by atoms with Crippen LogP contribution in [0.2, 0.25) is 0 Å². The average Bonchev–Trinajstić information content (AvgIpc) is 2.74. The Labute approximate surface area is 124 Å². The third kappa shape index (κ3) is 2.61. The molecule has 0 aliphatic heterocycles. The molecule has 2 aromatic rings. The number of methoxy groups -OCH3 is 1. The van der Waals surface area contributed by atoms with Crippen molar-refractivity contribution < 1.29 is 9.26 Å². The second kappa shape index (κ2) is 5.41. The van der Waals surface area contributed by atoms with Crippen LogP contribution in [0.5, 0.6) is 0 Å². The van der Waals surface area contributed by atoms with Crippen LogP contribution < -0.4 is 11.1 Å². The van der Waals surface area contributed by atoms with E-state index in [9.17, 15) is 0 Å². The highest BCUT2D eigenvalue weighted by molar-refractivity contribution is 5.77. The molecule has 5 nitrogen and oxygen atoms in total. The molecule has 0 radical (unpaired) electrons. The van der Waals surface area contributed by atoms with Crippen molar-refractivity contribution in [3.8, 4) is 11.1 Å². The van der Waals surface area contributed by atoms with E-state index < -0.39 is 0 Å². The smallest absolute Gasteiger partial charge is 0.141 e. The summed E-state index contributed by atoms with van der Waals surface area (Å²) in [5, 5.41) is 7.46. The van der Waals surface area contributed by atoms with Crippen molar-refractivity contribution in [3.05, 3.63) is 29.7 Å². The van der Waals surface area contributed by atoms with E-state index in [1.54, 1.807) is 7.11 Å². The van der Waals surface area contributed by atoms with Crippen LogP contribution in [0.1, 0.15) is 24.3 Å². The molecule has 3 N–H and O–H groups in total. The molecule has 1 saturated carbocycles. The van der Waals surface area contributed by atoms with Crippen LogP contribution >= 0.6 is 0 Å². The number of aromatic nitrogens is 1. The number of aryl methyl sites for hydroxylation is 2. The van der Waals surface area contributed by atoms with Crippen molar-refractivity contribution >= 4 is 11.4 Å². The van der Waals surface area contributed by atoms with E-state index in [0.717, 1.165) is 46.8 Å². The van der Waals surface area contributed by atoms with Gasteiger partial charge >= 0.3 is 0 Å². The van der Waals surface area contributed by atoms with E-state index in [1.165, 1.54) is 0 Å². The zero-order chi connectivity index (χ0) is 15.0. The molecule has 112 valence electrons. The molecule has 0 amide bonds. The Bertz CT molecular complexity index is 625. The molecule has 1 aliphatic carbocycles. The molecule has 0 unspecified atom stereocenters. The van der Waals surface area contributed by atoms with Crippen molar-refractivity contribution in [1.29, 1.82) is 0 Å². The summed E-state index contributed by atoms with van der Waals surface area (Å²) in [6.07, 6.45) is 2.44. The number of nitrogen functional groups attached to an aromatic ring is 1. The topological polar surface area (TPSA) is 73.3 Å². The second-order valence-electron chi connectivity index (χ2n) is 5.67. The number of anilines is 2. The highest BCUT2D eigenvalue weighted by Gasteiger charge is 2.29. The maximum atomic E-state index is 6.18. The molecule has 0 saturated heterocycles. The quantitative estimate of drug-likeness (QED) is 0.845. The van der Waals surface area contributed by atoms with Gasteiger partial charge in [0.15, 0.2) is 0 Å². The summed E-state index contributed by atoms with van der Waals surface area (Å²) < 4.78 is 10.5. The van der Waals surface area contributed by atoms with Crippen molar-refractivity contribution in [2.45, 2.75) is 38.8 Å². The SMILES string of the molecule is CO[C@H]1C[C@@H](Nc2ccc(-c3c(C)noc3C)cc2N)C1. The van der Waals surface area contributed by atoms with Crippen molar-refractivity contribution in [3.63, 3.8) is 0 Å². The highest BCUT2D eigenvalue weighted by atomic mass is 16.5. The lowest BCUT2D eigenvalue weighted by Crippen LogP contribution is -2.40. The summed E-state index contributed by atoms with van der Waals surface area (Å²) in [4.78, 5) is 0. The normalized spacial score (nSPS) is 21.1. The molecule has 1 aromatic carbocycles. The van der Waals surface area contributed by atoms with Gasteiger partial charge in [-0.2, -0.15) is 0 Å². The van der Waals surface area contributed by atoms with Gasteiger partial charge in [0.1, 0.15) is 5.76 Å². The van der Waals surface area contributed by atoms with Crippen LogP contribution in [0, 0.1) is 13.8 Å². The molecule has 3 rings (SSSR count). The molecule has 1 aliphatic rings. The van der Waals surface area contributed by atoms with Gasteiger partial charge in [0.25, 0.3) is 0 Å². The Morgan fingerprint density at radius 2 is 2.10 bits per heavy atom. The van der Waals surface area contributed by atoms with Gasteiger partial charge in [-0.25, -0.2) is 0 Å². The van der Waals surface area contributed by atoms with Crippen molar-refractivity contribution in [1.82, 2.24) is 5.16 Å². The average molecular weight is 287 g/mol.